The van der Waals surface area contributed by atoms with Gasteiger partial charge in [-0.15, -0.1) is 58.9 Å². The summed E-state index contributed by atoms with van der Waals surface area (Å²) >= 11 is 1.48. The van der Waals surface area contributed by atoms with Gasteiger partial charge in [-0.1, -0.05) is 142 Å². The third-order valence-corrected chi connectivity index (χ3v) is 18.1. The number of nitrogens with zero attached hydrogens (tertiary/aromatic N) is 4. The number of hydrogen-bond acceptors (Lipinski definition) is 5. The topological polar surface area (TPSA) is 56.7 Å². The molecule has 5 aromatic carbocycles. The number of rotatable bonds is 7. The number of halogens is 2. The van der Waals surface area contributed by atoms with Gasteiger partial charge in [0.2, 0.25) is 0 Å². The summed E-state index contributed by atoms with van der Waals surface area (Å²) in [5, 5.41) is 2.09. The summed E-state index contributed by atoms with van der Waals surface area (Å²) in [5.41, 5.74) is 8.99. The van der Waals surface area contributed by atoms with Crippen LogP contribution in [0.4, 0.5) is 8.78 Å². The van der Waals surface area contributed by atoms with Crippen LogP contribution in [0.25, 0.3) is 71.5 Å². The van der Waals surface area contributed by atoms with Crippen molar-refractivity contribution in [3.05, 3.63) is 131 Å². The third kappa shape index (κ3) is 9.24. The molecule has 65 heavy (non-hydrogen) atoms. The SMILES string of the molecule is C[Si](C)(C)c1ccc(-c2[c-]cc(F)cc2)nc1.[2H]C([2H])([2H])c1c[c-]c(-c2nc3ccccc3n2-c2c(C(C)C)cc(C(C)(C)C)cc2C(C)C)c2oc3c(F)c4nc([Si](C)(C)C)sc4cc3c12.[Ir]. The number of aromatic nitrogens is 4. The molecule has 0 aliphatic rings. The molecule has 0 amide bonds. The second kappa shape index (κ2) is 17.9. The molecule has 5 nitrogen and oxygen atoms in total. The van der Waals surface area contributed by atoms with Crippen molar-refractivity contribution in [2.45, 2.75) is 112 Å². The molecule has 0 fully saturated rings. The van der Waals surface area contributed by atoms with Gasteiger partial charge in [-0.2, -0.15) is 0 Å². The zero-order valence-electron chi connectivity index (χ0n) is 42.4. The van der Waals surface area contributed by atoms with Crippen molar-refractivity contribution in [2.24, 2.45) is 0 Å². The smallest absolute Gasteiger partial charge is 0.192 e. The van der Waals surface area contributed by atoms with Crippen LogP contribution in [0.1, 0.15) is 86.7 Å². The minimum absolute atomic E-state index is 0. The number of furan rings is 1. The first-order chi connectivity index (χ1) is 31.2. The minimum Gasteiger partial charge on any atom is -0.497 e. The van der Waals surface area contributed by atoms with E-state index in [4.69, 9.17) is 18.5 Å². The van der Waals surface area contributed by atoms with Gasteiger partial charge in [-0.25, -0.2) is 9.37 Å². The fourth-order valence-electron chi connectivity index (χ4n) is 8.02. The van der Waals surface area contributed by atoms with Gasteiger partial charge in [0.15, 0.2) is 11.4 Å². The molecule has 0 saturated heterocycles. The van der Waals surface area contributed by atoms with E-state index in [1.807, 2.05) is 36.5 Å². The molecular formula is C54H58F2IrN4OSSi2-2. The number of pyridine rings is 1. The molecule has 339 valence electrons. The van der Waals surface area contributed by atoms with Gasteiger partial charge in [0.05, 0.1) is 39.8 Å². The molecule has 0 atom stereocenters. The number of fused-ring (bicyclic) bond motifs is 5. The van der Waals surface area contributed by atoms with Crippen molar-refractivity contribution < 1.29 is 37.4 Å². The van der Waals surface area contributed by atoms with Crippen LogP contribution in [-0.2, 0) is 25.5 Å². The first kappa shape index (κ1) is 44.2. The zero-order chi connectivity index (χ0) is 48.7. The average molecular weight is 1100 g/mol. The Morgan fingerprint density at radius 3 is 2.08 bits per heavy atom. The van der Waals surface area contributed by atoms with E-state index in [1.54, 1.807) is 6.07 Å². The number of thiazole rings is 1. The Labute approximate surface area is 406 Å². The quantitative estimate of drug-likeness (QED) is 0.118. The van der Waals surface area contributed by atoms with Crippen molar-refractivity contribution in [3.63, 3.8) is 0 Å². The molecule has 4 heterocycles. The monoisotopic (exact) mass is 1100 g/mol. The van der Waals surface area contributed by atoms with Crippen LogP contribution < -0.4 is 9.82 Å². The van der Waals surface area contributed by atoms with Gasteiger partial charge in [0, 0.05) is 47.3 Å². The van der Waals surface area contributed by atoms with Crippen molar-refractivity contribution in [2.75, 3.05) is 0 Å². The van der Waals surface area contributed by atoms with Crippen LogP contribution in [0, 0.1) is 30.6 Å². The van der Waals surface area contributed by atoms with Crippen molar-refractivity contribution in [3.8, 4) is 28.3 Å². The maximum atomic E-state index is 16.5. The van der Waals surface area contributed by atoms with E-state index in [9.17, 15) is 4.39 Å². The van der Waals surface area contributed by atoms with Gasteiger partial charge >= 0.3 is 0 Å². The Balaban J connectivity index is 0.000000320. The van der Waals surface area contributed by atoms with Gasteiger partial charge in [0.25, 0.3) is 0 Å². The second-order valence-electron chi connectivity index (χ2n) is 20.5. The Morgan fingerprint density at radius 1 is 0.815 bits per heavy atom. The minimum atomic E-state index is -2.49. The summed E-state index contributed by atoms with van der Waals surface area (Å²) in [6.07, 6.45) is 1.93. The Hall–Kier alpha value is -4.65. The molecule has 11 heteroatoms. The van der Waals surface area contributed by atoms with E-state index in [0.29, 0.717) is 26.9 Å². The Morgan fingerprint density at radius 2 is 1.51 bits per heavy atom. The van der Waals surface area contributed by atoms with Gasteiger partial charge in [-0.05, 0) is 63.0 Å². The number of benzene rings is 5. The summed E-state index contributed by atoms with van der Waals surface area (Å²) in [7, 11) is -3.13. The van der Waals surface area contributed by atoms with E-state index in [0.717, 1.165) is 32.6 Å². The molecule has 0 unspecified atom stereocenters. The van der Waals surface area contributed by atoms with E-state index in [2.05, 4.69) is 134 Å². The first-order valence-corrected chi connectivity index (χ1v) is 29.8. The van der Waals surface area contributed by atoms with Crippen molar-refractivity contribution in [1.82, 2.24) is 19.5 Å². The molecule has 4 aromatic heterocycles. The van der Waals surface area contributed by atoms with E-state index in [1.165, 1.54) is 51.4 Å². The molecular weight excluding hydrogens is 1040 g/mol. The van der Waals surface area contributed by atoms with Crippen LogP contribution in [0.3, 0.4) is 0 Å². The molecule has 0 aliphatic heterocycles. The molecule has 9 aromatic rings. The van der Waals surface area contributed by atoms with Gasteiger partial charge in [0.1, 0.15) is 13.6 Å². The molecule has 0 spiro atoms. The van der Waals surface area contributed by atoms with Crippen molar-refractivity contribution in [1.29, 1.82) is 0 Å². The standard InChI is InChI=1S/C40H43FN3OSSi.C14H15FNSi.Ir/c1-21(2)26-18-24(40(6,7)8)19-27(22(3)4)35(26)44-30-15-13-12-14-29(30)42-38(44)25-17-16-23(5)32-28-20-31-34(33(41)37(28)45-36(25)32)43-39(46-31)47(9,10)11;1-17(2,3)13-8-9-14(16-10-13)11-4-6-12(15)7-5-11;/h12-16,18-22H,1-11H3;4,6-10H,1-3H3;/q2*-1;/i5D3;;. The average Bonchev–Trinajstić information content (AvgIpc) is 3.97. The maximum absolute atomic E-state index is 16.5. The van der Waals surface area contributed by atoms with Crippen LogP contribution in [0.5, 0.6) is 0 Å². The number of para-hydroxylation sites is 2. The predicted octanol–water partition coefficient (Wildman–Crippen LogP) is 14.8. The molecule has 0 N–H and O–H groups in total. The van der Waals surface area contributed by atoms with Gasteiger partial charge in [-0.3, -0.25) is 9.37 Å². The molecule has 0 aliphatic carbocycles. The summed E-state index contributed by atoms with van der Waals surface area (Å²) in [6, 6.07) is 30.7. The van der Waals surface area contributed by atoms with E-state index >= 15 is 4.39 Å². The Kier molecular flexibility index (Phi) is 12.2. The van der Waals surface area contributed by atoms with Gasteiger partial charge < -0.3 is 14.0 Å². The third-order valence-electron chi connectivity index (χ3n) is 11.7. The van der Waals surface area contributed by atoms with Crippen LogP contribution in [0.15, 0.2) is 89.5 Å². The normalized spacial score (nSPS) is 13.3. The second-order valence-corrected chi connectivity index (χ2v) is 31.9. The maximum Gasteiger partial charge on any atom is 0.192 e. The molecule has 1 radical (unpaired) electrons. The van der Waals surface area contributed by atoms with Crippen LogP contribution in [0.2, 0.25) is 39.3 Å². The molecule has 0 bridgehead atoms. The van der Waals surface area contributed by atoms with E-state index < -0.39 is 28.8 Å². The largest absolute Gasteiger partial charge is 0.497 e. The molecule has 0 saturated carbocycles. The summed E-state index contributed by atoms with van der Waals surface area (Å²) < 4.78 is 65.0. The fraction of sp³-hybridized carbons (Fsp3) is 0.315. The Bertz CT molecular complexity index is 3290. The summed E-state index contributed by atoms with van der Waals surface area (Å²) in [6.45, 7) is 26.4. The fourth-order valence-corrected chi connectivity index (χ4v) is 11.8. The number of aryl methyl sites for hydroxylation is 1. The summed E-state index contributed by atoms with van der Waals surface area (Å²) in [5.74, 6) is 0.0749. The van der Waals surface area contributed by atoms with E-state index in [-0.39, 0.29) is 65.4 Å². The predicted molar refractivity (Wildman–Crippen MR) is 272 cm³/mol. The van der Waals surface area contributed by atoms with Crippen LogP contribution >= 0.6 is 11.3 Å². The first-order valence-electron chi connectivity index (χ1n) is 23.5. The summed E-state index contributed by atoms with van der Waals surface area (Å²) in [4.78, 5) is 14.3. The van der Waals surface area contributed by atoms with Crippen LogP contribution in [-0.4, -0.2) is 35.7 Å². The molecule has 9 rings (SSSR count). The number of imidazole rings is 1. The number of hydrogen-bond donors (Lipinski definition) is 0. The van der Waals surface area contributed by atoms with Crippen molar-refractivity contribution >= 4 is 80.5 Å². The zero-order valence-corrected chi connectivity index (χ0v) is 44.6.